The second-order valence-corrected chi connectivity index (χ2v) is 15.7. The lowest BCUT2D eigenvalue weighted by Gasteiger charge is -2.49. The highest BCUT2D eigenvalue weighted by Gasteiger charge is 2.58. The van der Waals surface area contributed by atoms with E-state index in [-0.39, 0.29) is 42.7 Å². The Morgan fingerprint density at radius 3 is 2.34 bits per heavy atom. The summed E-state index contributed by atoms with van der Waals surface area (Å²) in [5.74, 6) is 0.294. The molecule has 264 valence electrons. The zero-order chi connectivity index (χ0) is 34.0. The maximum atomic E-state index is 11.7. The lowest BCUT2D eigenvalue weighted by molar-refractivity contribution is -0.273. The van der Waals surface area contributed by atoms with Gasteiger partial charge >= 0.3 is 0 Å². The molecule has 13 atom stereocenters. The predicted octanol–water partition coefficient (Wildman–Crippen LogP) is 6.48. The van der Waals surface area contributed by atoms with Crippen LogP contribution in [0.3, 0.4) is 0 Å². The lowest BCUT2D eigenvalue weighted by atomic mass is 9.79. The Morgan fingerprint density at radius 2 is 1.60 bits per heavy atom. The van der Waals surface area contributed by atoms with Crippen LogP contribution in [0.4, 0.5) is 0 Å². The van der Waals surface area contributed by atoms with Gasteiger partial charge in [-0.05, 0) is 110 Å². The monoisotopic (exact) mass is 656 g/mol. The summed E-state index contributed by atoms with van der Waals surface area (Å²) >= 11 is 0. The molecule has 8 nitrogen and oxygen atoms in total. The van der Waals surface area contributed by atoms with Crippen LogP contribution in [-0.2, 0) is 28.5 Å². The van der Waals surface area contributed by atoms with Crippen molar-refractivity contribution in [2.24, 2.45) is 5.92 Å². The average molecular weight is 657 g/mol. The minimum Gasteiger partial charge on any atom is -0.390 e. The van der Waals surface area contributed by atoms with Crippen LogP contribution in [0, 0.1) is 5.92 Å². The normalized spacial score (nSPS) is 46.2. The van der Waals surface area contributed by atoms with Crippen LogP contribution in [0.2, 0.25) is 0 Å². The molecule has 0 aromatic carbocycles. The zero-order valence-electron chi connectivity index (χ0n) is 29.6. The number of aliphatic hydroxyl groups excluding tert-OH is 1. The lowest BCUT2D eigenvalue weighted by Crippen LogP contribution is -2.59. The second-order valence-electron chi connectivity index (χ2n) is 15.7. The van der Waals surface area contributed by atoms with Crippen molar-refractivity contribution in [1.82, 2.24) is 0 Å². The molecule has 0 saturated carbocycles. The largest absolute Gasteiger partial charge is 0.390 e. The third kappa shape index (κ3) is 8.22. The number of rotatable bonds is 9. The van der Waals surface area contributed by atoms with Crippen molar-refractivity contribution in [2.75, 3.05) is 0 Å². The minimum atomic E-state index is -0.926. The number of carbonyl (C=O) groups excluding carboxylic acids is 1. The van der Waals surface area contributed by atoms with Gasteiger partial charge in [-0.3, -0.25) is 4.79 Å². The Bertz CT molecular complexity index is 1190. The summed E-state index contributed by atoms with van der Waals surface area (Å²) in [6.45, 7) is 16.1. The van der Waals surface area contributed by atoms with Gasteiger partial charge in [0.1, 0.15) is 12.4 Å². The highest BCUT2D eigenvalue weighted by Crippen LogP contribution is 2.49. The Balaban J connectivity index is 1.26. The number of aldehydes is 1. The number of aliphatic hydroxyl groups is 2. The van der Waals surface area contributed by atoms with E-state index in [9.17, 15) is 15.0 Å². The highest BCUT2D eigenvalue weighted by atomic mass is 16.6. The average Bonchev–Trinajstić information content (AvgIpc) is 3.27. The summed E-state index contributed by atoms with van der Waals surface area (Å²) in [5.41, 5.74) is -0.0535. The van der Waals surface area contributed by atoms with Crippen LogP contribution >= 0.6 is 0 Å². The maximum absolute atomic E-state index is 11.7. The Morgan fingerprint density at radius 1 is 0.894 bits per heavy atom. The van der Waals surface area contributed by atoms with Gasteiger partial charge in [0.05, 0.1) is 65.6 Å². The minimum absolute atomic E-state index is 0.0469. The molecule has 5 heterocycles. The number of carbonyl (C=O) groups is 1. The fraction of sp³-hybridized carbons (Fsp3) is 0.769. The van der Waals surface area contributed by atoms with Crippen LogP contribution < -0.4 is 0 Å². The van der Waals surface area contributed by atoms with Crippen molar-refractivity contribution in [3.63, 3.8) is 0 Å². The van der Waals surface area contributed by atoms with Gasteiger partial charge in [0.15, 0.2) is 0 Å². The number of fused-ring (bicyclic) bond motifs is 4. The summed E-state index contributed by atoms with van der Waals surface area (Å²) in [5, 5.41) is 23.0. The number of hydrogen-bond donors (Lipinski definition) is 2. The van der Waals surface area contributed by atoms with Gasteiger partial charge in [0, 0.05) is 12.8 Å². The summed E-state index contributed by atoms with van der Waals surface area (Å²) in [6.07, 6.45) is 16.0. The number of allylic oxidation sites excluding steroid dienone is 7. The summed E-state index contributed by atoms with van der Waals surface area (Å²) < 4.78 is 34.2. The summed E-state index contributed by atoms with van der Waals surface area (Å²) in [4.78, 5) is 10.9. The summed E-state index contributed by atoms with van der Waals surface area (Å²) in [6, 6.07) is 0. The van der Waals surface area contributed by atoms with E-state index in [0.717, 1.165) is 68.8 Å². The molecule has 5 aliphatic rings. The second kappa shape index (κ2) is 15.1. The molecule has 5 fully saturated rings. The number of hydrogen-bond acceptors (Lipinski definition) is 8. The third-order valence-electron chi connectivity index (χ3n) is 11.9. The molecule has 0 aliphatic carbocycles. The van der Waals surface area contributed by atoms with E-state index in [1.54, 1.807) is 12.2 Å². The molecule has 47 heavy (non-hydrogen) atoms. The van der Waals surface area contributed by atoms with Crippen LogP contribution in [0.1, 0.15) is 112 Å². The molecular weight excluding hydrogens is 596 g/mol. The topological polar surface area (TPSA) is 104 Å². The van der Waals surface area contributed by atoms with Crippen molar-refractivity contribution in [3.05, 3.63) is 48.1 Å². The van der Waals surface area contributed by atoms with Crippen molar-refractivity contribution in [2.45, 2.75) is 184 Å². The Kier molecular flexibility index (Phi) is 11.7. The van der Waals surface area contributed by atoms with Crippen LogP contribution in [-0.4, -0.2) is 88.2 Å². The van der Waals surface area contributed by atoms with E-state index in [0.29, 0.717) is 25.2 Å². The molecule has 5 aliphatic heterocycles. The van der Waals surface area contributed by atoms with Gasteiger partial charge in [-0.1, -0.05) is 43.4 Å². The summed E-state index contributed by atoms with van der Waals surface area (Å²) in [7, 11) is 0. The quantitative estimate of drug-likeness (QED) is 0.165. The van der Waals surface area contributed by atoms with E-state index >= 15 is 0 Å². The first-order valence-electron chi connectivity index (χ1n) is 18.1. The third-order valence-corrected chi connectivity index (χ3v) is 11.9. The molecule has 0 aromatic rings. The highest BCUT2D eigenvalue weighted by molar-refractivity contribution is 5.67. The van der Waals surface area contributed by atoms with Gasteiger partial charge in [-0.25, -0.2) is 0 Å². The molecule has 5 saturated heterocycles. The molecule has 8 heteroatoms. The first-order valence-corrected chi connectivity index (χ1v) is 18.1. The zero-order valence-corrected chi connectivity index (χ0v) is 29.6. The van der Waals surface area contributed by atoms with Crippen LogP contribution in [0.15, 0.2) is 48.1 Å². The smallest absolute Gasteiger partial charge is 0.143 e. The van der Waals surface area contributed by atoms with E-state index in [1.165, 1.54) is 0 Å². The molecule has 0 radical (unpaired) electrons. The fourth-order valence-electron chi connectivity index (χ4n) is 8.63. The van der Waals surface area contributed by atoms with Crippen LogP contribution in [0.5, 0.6) is 0 Å². The maximum Gasteiger partial charge on any atom is 0.143 e. The molecule has 5 rings (SSSR count). The van der Waals surface area contributed by atoms with E-state index < -0.39 is 29.0 Å². The van der Waals surface area contributed by atoms with Gasteiger partial charge in [-0.2, -0.15) is 0 Å². The standard InChI is InChI=1S/C39H60O8/c1-8-9-10-11-15-33-37(5,42)19-16-30-31(43-33)17-20-38(6)35(44-30)23-32-36(47-38)28(41)24-39(7)34(45-32)22-27(4)29(46-39)14-12-13-25(2)26(3)18-21-40/h8-10,13,18,21,27-36,41-42H,1,11-12,14-17,19-20,22-24H2,2-7H3/b10-9-,25-13+,26-18+/t27-,28-,29-,30+,31?,32+,33+,34-,35-,36-,37+,38+,39+/m0/s1. The van der Waals surface area contributed by atoms with Crippen molar-refractivity contribution in [1.29, 1.82) is 0 Å². The molecule has 0 aromatic heterocycles. The molecule has 1 unspecified atom stereocenters. The fourth-order valence-corrected chi connectivity index (χ4v) is 8.63. The molecule has 0 bridgehead atoms. The molecule has 0 spiro atoms. The molecule has 2 N–H and O–H groups in total. The van der Waals surface area contributed by atoms with Crippen molar-refractivity contribution in [3.8, 4) is 0 Å². The van der Waals surface area contributed by atoms with E-state index in [1.807, 2.05) is 26.8 Å². The molecule has 0 amide bonds. The van der Waals surface area contributed by atoms with Gasteiger partial charge in [0.2, 0.25) is 0 Å². The van der Waals surface area contributed by atoms with Gasteiger partial charge < -0.3 is 33.9 Å². The first kappa shape index (κ1) is 36.6. The van der Waals surface area contributed by atoms with Gasteiger partial charge in [0.25, 0.3) is 0 Å². The van der Waals surface area contributed by atoms with Crippen molar-refractivity contribution < 1.29 is 38.7 Å². The Labute approximate surface area is 282 Å². The van der Waals surface area contributed by atoms with Crippen molar-refractivity contribution >= 4 is 6.29 Å². The molecular formula is C39H60O8. The Hall–Kier alpha value is -1.65. The van der Waals surface area contributed by atoms with Gasteiger partial charge in [-0.15, -0.1) is 0 Å². The predicted molar refractivity (Wildman–Crippen MR) is 182 cm³/mol. The van der Waals surface area contributed by atoms with E-state index in [4.69, 9.17) is 23.7 Å². The first-order chi connectivity index (χ1) is 22.3. The SMILES string of the molecule is C=C/C=C\CC[C@H]1OC2CC[C@@]3(C)O[C@H]4[C@@H](O)C[C@@]5(C)O[C@@H](CC/C=C(C)/C(C)=C/C=O)[C@@H](C)C[C@@H]5O[C@@H]4C[C@@H]3O[C@@H]2CC[C@@]1(C)O. The van der Waals surface area contributed by atoms with Crippen LogP contribution in [0.25, 0.3) is 0 Å². The van der Waals surface area contributed by atoms with E-state index in [2.05, 4.69) is 39.5 Å². The number of ether oxygens (including phenoxy) is 5.